The van der Waals surface area contributed by atoms with E-state index in [1.165, 1.54) is 0 Å². The van der Waals surface area contributed by atoms with Gasteiger partial charge >= 0.3 is 18.0 Å². The van der Waals surface area contributed by atoms with Crippen molar-refractivity contribution in [3.8, 4) is 0 Å². The van der Waals surface area contributed by atoms with Crippen molar-refractivity contribution in [2.45, 2.75) is 13.0 Å². The fourth-order valence-electron chi connectivity index (χ4n) is 1.25. The van der Waals surface area contributed by atoms with Gasteiger partial charge in [0.2, 0.25) is 0 Å². The highest BCUT2D eigenvalue weighted by Gasteiger charge is 2.12. The van der Waals surface area contributed by atoms with E-state index in [4.69, 9.17) is 14.9 Å². The standard InChI is InChI=1S/C13H13NO6/c15-11(16)7-6-10(12(17)18)14-13(19)20-8-9-4-2-1-3-5-9/h1-6H,7-8H2,(H,14,19)(H,15,16)(H,17,18)/b10-6+. The van der Waals surface area contributed by atoms with E-state index in [0.29, 0.717) is 0 Å². The zero-order valence-electron chi connectivity index (χ0n) is 10.4. The number of amides is 1. The molecule has 7 nitrogen and oxygen atoms in total. The molecule has 7 heteroatoms. The molecule has 0 atom stereocenters. The Morgan fingerprint density at radius 2 is 1.80 bits per heavy atom. The molecule has 0 radical (unpaired) electrons. The number of carboxylic acids is 2. The fourth-order valence-corrected chi connectivity index (χ4v) is 1.25. The summed E-state index contributed by atoms with van der Waals surface area (Å²) in [5.41, 5.74) is 0.208. The topological polar surface area (TPSA) is 113 Å². The molecule has 0 unspecified atom stereocenters. The van der Waals surface area contributed by atoms with E-state index in [1.807, 2.05) is 5.32 Å². The van der Waals surface area contributed by atoms with Crippen LogP contribution in [0.4, 0.5) is 4.79 Å². The number of carbonyl (C=O) groups excluding carboxylic acids is 1. The lowest BCUT2D eigenvalue weighted by Crippen LogP contribution is -2.28. The molecule has 0 spiro atoms. The van der Waals surface area contributed by atoms with Crippen LogP contribution in [0, 0.1) is 0 Å². The lowest BCUT2D eigenvalue weighted by atomic mass is 10.2. The van der Waals surface area contributed by atoms with Crippen LogP contribution in [0.15, 0.2) is 42.1 Å². The van der Waals surface area contributed by atoms with Gasteiger partial charge in [-0.25, -0.2) is 9.59 Å². The van der Waals surface area contributed by atoms with Crippen molar-refractivity contribution in [2.24, 2.45) is 0 Å². The molecular weight excluding hydrogens is 266 g/mol. The minimum atomic E-state index is -1.44. The SMILES string of the molecule is O=C(O)C/C=C(/NC(=O)OCc1ccccc1)C(=O)O. The summed E-state index contributed by atoms with van der Waals surface area (Å²) in [7, 11) is 0. The first-order valence-corrected chi connectivity index (χ1v) is 5.62. The molecule has 0 saturated heterocycles. The van der Waals surface area contributed by atoms with E-state index in [9.17, 15) is 14.4 Å². The molecule has 0 aliphatic rings. The van der Waals surface area contributed by atoms with Gasteiger partial charge in [0.05, 0.1) is 6.42 Å². The second kappa shape index (κ2) is 7.57. The fraction of sp³-hybridized carbons (Fsp3) is 0.154. The maximum atomic E-state index is 11.4. The molecule has 0 fully saturated rings. The predicted octanol–water partition coefficient (Wildman–Crippen LogP) is 1.36. The highest BCUT2D eigenvalue weighted by atomic mass is 16.5. The lowest BCUT2D eigenvalue weighted by Gasteiger charge is -2.07. The minimum absolute atomic E-state index is 0.0154. The monoisotopic (exact) mass is 279 g/mol. The van der Waals surface area contributed by atoms with Crippen molar-refractivity contribution in [3.05, 3.63) is 47.7 Å². The third-order valence-electron chi connectivity index (χ3n) is 2.16. The first-order chi connectivity index (χ1) is 9.49. The minimum Gasteiger partial charge on any atom is -0.481 e. The predicted molar refractivity (Wildman–Crippen MR) is 67.7 cm³/mol. The molecule has 0 saturated carbocycles. The van der Waals surface area contributed by atoms with Crippen LogP contribution < -0.4 is 5.32 Å². The zero-order valence-corrected chi connectivity index (χ0v) is 10.4. The number of aliphatic carboxylic acids is 2. The highest BCUT2D eigenvalue weighted by Crippen LogP contribution is 2.01. The Kier molecular flexibility index (Phi) is 5.76. The molecular formula is C13H13NO6. The van der Waals surface area contributed by atoms with E-state index in [2.05, 4.69) is 0 Å². The van der Waals surface area contributed by atoms with Crippen molar-refractivity contribution in [3.63, 3.8) is 0 Å². The third-order valence-corrected chi connectivity index (χ3v) is 2.16. The van der Waals surface area contributed by atoms with Crippen LogP contribution in [-0.4, -0.2) is 28.2 Å². The average Bonchev–Trinajstić information content (AvgIpc) is 2.41. The number of carbonyl (C=O) groups is 3. The Morgan fingerprint density at radius 1 is 1.15 bits per heavy atom. The van der Waals surface area contributed by atoms with Gasteiger partial charge in [-0.15, -0.1) is 0 Å². The van der Waals surface area contributed by atoms with E-state index >= 15 is 0 Å². The quantitative estimate of drug-likeness (QED) is 0.677. The molecule has 0 aliphatic heterocycles. The Labute approximate surface area is 114 Å². The second-order valence-corrected chi connectivity index (χ2v) is 3.71. The molecule has 0 aliphatic carbocycles. The van der Waals surface area contributed by atoms with Gasteiger partial charge in [0.1, 0.15) is 12.3 Å². The van der Waals surface area contributed by atoms with Crippen LogP contribution in [0.3, 0.4) is 0 Å². The van der Waals surface area contributed by atoms with Crippen LogP contribution in [-0.2, 0) is 20.9 Å². The highest BCUT2D eigenvalue weighted by molar-refractivity contribution is 5.91. The Morgan fingerprint density at radius 3 is 2.35 bits per heavy atom. The van der Waals surface area contributed by atoms with E-state index in [1.54, 1.807) is 30.3 Å². The van der Waals surface area contributed by atoms with Crippen LogP contribution in [0.1, 0.15) is 12.0 Å². The molecule has 20 heavy (non-hydrogen) atoms. The Bertz CT molecular complexity index is 523. The first kappa shape index (κ1) is 15.2. The average molecular weight is 279 g/mol. The summed E-state index contributed by atoms with van der Waals surface area (Å²) < 4.78 is 4.81. The number of carboxylic acid groups (broad SMARTS) is 2. The number of benzene rings is 1. The van der Waals surface area contributed by atoms with Crippen LogP contribution in [0.25, 0.3) is 0 Å². The number of hydrogen-bond acceptors (Lipinski definition) is 4. The molecule has 0 heterocycles. The van der Waals surface area contributed by atoms with Gasteiger partial charge in [-0.1, -0.05) is 30.3 Å². The second-order valence-electron chi connectivity index (χ2n) is 3.71. The van der Waals surface area contributed by atoms with Gasteiger partial charge in [-0.05, 0) is 11.6 Å². The van der Waals surface area contributed by atoms with Gasteiger partial charge in [-0.2, -0.15) is 0 Å². The maximum absolute atomic E-state index is 11.4. The number of ether oxygens (including phenoxy) is 1. The number of nitrogens with one attached hydrogen (secondary N) is 1. The molecule has 0 aromatic heterocycles. The molecule has 0 bridgehead atoms. The normalized spacial score (nSPS) is 10.7. The molecule has 3 N–H and O–H groups in total. The summed E-state index contributed by atoms with van der Waals surface area (Å²) in [6, 6.07) is 8.83. The van der Waals surface area contributed by atoms with Crippen molar-refractivity contribution in [1.82, 2.24) is 5.32 Å². The van der Waals surface area contributed by atoms with Crippen molar-refractivity contribution >= 4 is 18.0 Å². The Hall–Kier alpha value is -2.83. The van der Waals surface area contributed by atoms with Gasteiger partial charge < -0.3 is 14.9 Å². The van der Waals surface area contributed by atoms with E-state index in [-0.39, 0.29) is 6.61 Å². The maximum Gasteiger partial charge on any atom is 0.412 e. The van der Waals surface area contributed by atoms with Gasteiger partial charge in [0.25, 0.3) is 0 Å². The summed E-state index contributed by atoms with van der Waals surface area (Å²) in [5, 5.41) is 19.2. The summed E-state index contributed by atoms with van der Waals surface area (Å²) in [4.78, 5) is 32.5. The summed E-state index contributed by atoms with van der Waals surface area (Å²) in [6.45, 7) is -0.0154. The third kappa shape index (κ3) is 5.67. The van der Waals surface area contributed by atoms with Crippen molar-refractivity contribution < 1.29 is 29.3 Å². The van der Waals surface area contributed by atoms with Crippen LogP contribution in [0.2, 0.25) is 0 Å². The Balaban J connectivity index is 2.52. The van der Waals surface area contributed by atoms with Crippen molar-refractivity contribution in [2.75, 3.05) is 0 Å². The molecule has 1 aromatic rings. The van der Waals surface area contributed by atoms with Gasteiger partial charge in [0, 0.05) is 0 Å². The summed E-state index contributed by atoms with van der Waals surface area (Å²) in [6.07, 6.45) is -0.595. The molecule has 1 rings (SSSR count). The van der Waals surface area contributed by atoms with Crippen molar-refractivity contribution in [1.29, 1.82) is 0 Å². The van der Waals surface area contributed by atoms with E-state index < -0.39 is 30.1 Å². The molecule has 1 aromatic carbocycles. The lowest BCUT2D eigenvalue weighted by molar-refractivity contribution is -0.136. The van der Waals surface area contributed by atoms with Gasteiger partial charge in [-0.3, -0.25) is 10.1 Å². The summed E-state index contributed by atoms with van der Waals surface area (Å²) >= 11 is 0. The van der Waals surface area contributed by atoms with Crippen LogP contribution >= 0.6 is 0 Å². The number of hydrogen-bond donors (Lipinski definition) is 3. The molecule has 106 valence electrons. The van der Waals surface area contributed by atoms with Crippen LogP contribution in [0.5, 0.6) is 0 Å². The smallest absolute Gasteiger partial charge is 0.412 e. The summed E-state index contributed by atoms with van der Waals surface area (Å²) in [5.74, 6) is -2.65. The number of alkyl carbamates (subject to hydrolysis) is 1. The van der Waals surface area contributed by atoms with E-state index in [0.717, 1.165) is 11.6 Å². The van der Waals surface area contributed by atoms with Gasteiger partial charge in [0.15, 0.2) is 0 Å². The largest absolute Gasteiger partial charge is 0.481 e. The zero-order chi connectivity index (χ0) is 15.0. The molecule has 1 amide bonds. The number of rotatable bonds is 6. The first-order valence-electron chi connectivity index (χ1n) is 5.62.